The third kappa shape index (κ3) is 4.50. The van der Waals surface area contributed by atoms with Gasteiger partial charge in [0.2, 0.25) is 0 Å². The second-order valence-electron chi connectivity index (χ2n) is 5.78. The van der Waals surface area contributed by atoms with Gasteiger partial charge >= 0.3 is 5.97 Å². The third-order valence-corrected chi connectivity index (χ3v) is 3.94. The second-order valence-corrected chi connectivity index (χ2v) is 5.78. The van der Waals surface area contributed by atoms with Gasteiger partial charge in [0, 0.05) is 11.1 Å². The van der Waals surface area contributed by atoms with Gasteiger partial charge in [-0.1, -0.05) is 72.8 Å². The minimum Gasteiger partial charge on any atom is -0.507 e. The summed E-state index contributed by atoms with van der Waals surface area (Å²) in [5.74, 6) is -0.466. The number of carbonyl (C=O) groups excluding carboxylic acids is 1. The van der Waals surface area contributed by atoms with Crippen molar-refractivity contribution >= 4 is 17.8 Å². The van der Waals surface area contributed by atoms with E-state index in [1.54, 1.807) is 24.3 Å². The molecule has 0 fully saturated rings. The number of rotatable bonds is 5. The Morgan fingerprint density at radius 3 is 2.11 bits per heavy atom. The fourth-order valence-corrected chi connectivity index (χ4v) is 2.62. The number of methoxy groups -OCH3 is 1. The second kappa shape index (κ2) is 8.63. The van der Waals surface area contributed by atoms with Crippen molar-refractivity contribution in [3.63, 3.8) is 0 Å². The Labute approximate surface area is 158 Å². The minimum atomic E-state index is -0.553. The molecule has 0 heterocycles. The molecule has 4 nitrogen and oxygen atoms in total. The SMILES string of the molecule is COC(=O)/C(=C/c1ccccc1)N=C(c1ccccc1)c1ccccc1O. The van der Waals surface area contributed by atoms with Gasteiger partial charge in [0.05, 0.1) is 12.8 Å². The highest BCUT2D eigenvalue weighted by Gasteiger charge is 2.15. The molecule has 0 bridgehead atoms. The summed E-state index contributed by atoms with van der Waals surface area (Å²) in [5, 5.41) is 10.3. The van der Waals surface area contributed by atoms with E-state index in [4.69, 9.17) is 4.74 Å². The molecule has 0 amide bonds. The van der Waals surface area contributed by atoms with Crippen molar-refractivity contribution in [3.05, 3.63) is 107 Å². The lowest BCUT2D eigenvalue weighted by Gasteiger charge is -2.10. The van der Waals surface area contributed by atoms with Gasteiger partial charge in [-0.05, 0) is 23.8 Å². The molecule has 0 saturated heterocycles. The predicted molar refractivity (Wildman–Crippen MR) is 107 cm³/mol. The maximum atomic E-state index is 12.3. The standard InChI is InChI=1S/C23H19NO3/c1-27-23(26)20(16-17-10-4-2-5-11-17)24-22(18-12-6-3-7-13-18)19-14-8-9-15-21(19)25/h2-16,25H,1H3/b20-16-,24-22?. The van der Waals surface area contributed by atoms with Crippen molar-refractivity contribution in [2.45, 2.75) is 0 Å². The molecular weight excluding hydrogens is 338 g/mol. The summed E-state index contributed by atoms with van der Waals surface area (Å²) in [6.07, 6.45) is 1.66. The number of nitrogens with zero attached hydrogens (tertiary/aromatic N) is 1. The molecule has 4 heteroatoms. The normalized spacial score (nSPS) is 11.9. The summed E-state index contributed by atoms with van der Waals surface area (Å²) < 4.78 is 4.91. The van der Waals surface area contributed by atoms with Crippen LogP contribution in [0.25, 0.3) is 6.08 Å². The van der Waals surface area contributed by atoms with Crippen LogP contribution in [-0.4, -0.2) is 23.9 Å². The van der Waals surface area contributed by atoms with Crippen molar-refractivity contribution in [1.29, 1.82) is 0 Å². The van der Waals surface area contributed by atoms with Crippen LogP contribution in [0.2, 0.25) is 0 Å². The lowest BCUT2D eigenvalue weighted by molar-refractivity contribution is -0.136. The molecule has 1 N–H and O–H groups in total. The molecule has 3 aromatic carbocycles. The van der Waals surface area contributed by atoms with E-state index in [9.17, 15) is 9.90 Å². The first-order chi connectivity index (χ1) is 13.2. The Bertz CT molecular complexity index is 977. The molecule has 0 spiro atoms. The third-order valence-electron chi connectivity index (χ3n) is 3.94. The topological polar surface area (TPSA) is 58.9 Å². The quantitative estimate of drug-likeness (QED) is 0.417. The van der Waals surface area contributed by atoms with Crippen molar-refractivity contribution in [1.82, 2.24) is 0 Å². The Morgan fingerprint density at radius 2 is 1.48 bits per heavy atom. The zero-order valence-electron chi connectivity index (χ0n) is 14.9. The number of esters is 1. The van der Waals surface area contributed by atoms with E-state index in [-0.39, 0.29) is 11.4 Å². The van der Waals surface area contributed by atoms with E-state index < -0.39 is 5.97 Å². The minimum absolute atomic E-state index is 0.0871. The molecule has 0 radical (unpaired) electrons. The number of aliphatic imine (C=N–C) groups is 1. The van der Waals surface area contributed by atoms with Crippen LogP contribution in [0.5, 0.6) is 5.75 Å². The van der Waals surface area contributed by atoms with Gasteiger partial charge in [-0.15, -0.1) is 0 Å². The molecule has 134 valence electrons. The van der Waals surface area contributed by atoms with Crippen LogP contribution < -0.4 is 0 Å². The summed E-state index contributed by atoms with van der Waals surface area (Å²) in [4.78, 5) is 16.9. The summed E-state index contributed by atoms with van der Waals surface area (Å²) in [5.41, 5.74) is 2.77. The summed E-state index contributed by atoms with van der Waals surface area (Å²) >= 11 is 0. The molecule has 3 aromatic rings. The smallest absolute Gasteiger partial charge is 0.356 e. The Balaban J connectivity index is 2.19. The summed E-state index contributed by atoms with van der Waals surface area (Å²) in [7, 11) is 1.32. The van der Waals surface area contributed by atoms with Crippen LogP contribution in [-0.2, 0) is 9.53 Å². The highest BCUT2D eigenvalue weighted by molar-refractivity contribution is 6.16. The predicted octanol–water partition coefficient (Wildman–Crippen LogP) is 4.44. The summed E-state index contributed by atoms with van der Waals surface area (Å²) in [6, 6.07) is 25.7. The molecule has 0 unspecified atom stereocenters. The van der Waals surface area contributed by atoms with Crippen LogP contribution in [0.4, 0.5) is 0 Å². The van der Waals surface area contributed by atoms with Crippen molar-refractivity contribution in [2.24, 2.45) is 4.99 Å². The first kappa shape index (κ1) is 18.1. The van der Waals surface area contributed by atoms with Gasteiger partial charge in [0.25, 0.3) is 0 Å². The molecule has 0 aliphatic rings. The maximum Gasteiger partial charge on any atom is 0.356 e. The lowest BCUT2D eigenvalue weighted by Crippen LogP contribution is -2.09. The number of ether oxygens (including phenoxy) is 1. The van der Waals surface area contributed by atoms with E-state index in [1.807, 2.05) is 66.7 Å². The van der Waals surface area contributed by atoms with Crippen LogP contribution in [0.15, 0.2) is 95.6 Å². The Hall–Kier alpha value is -3.66. The molecule has 0 aliphatic carbocycles. The number of hydrogen-bond donors (Lipinski definition) is 1. The molecule has 0 saturated carbocycles. The van der Waals surface area contributed by atoms with Crippen LogP contribution in [0.1, 0.15) is 16.7 Å². The highest BCUT2D eigenvalue weighted by Crippen LogP contribution is 2.23. The number of benzene rings is 3. The number of hydrogen-bond acceptors (Lipinski definition) is 4. The van der Waals surface area contributed by atoms with E-state index >= 15 is 0 Å². The lowest BCUT2D eigenvalue weighted by atomic mass is 10.0. The highest BCUT2D eigenvalue weighted by atomic mass is 16.5. The Morgan fingerprint density at radius 1 is 0.889 bits per heavy atom. The van der Waals surface area contributed by atoms with Crippen molar-refractivity contribution < 1.29 is 14.6 Å². The van der Waals surface area contributed by atoms with Gasteiger partial charge in [-0.3, -0.25) is 0 Å². The fraction of sp³-hybridized carbons (Fsp3) is 0.0435. The van der Waals surface area contributed by atoms with Crippen molar-refractivity contribution in [2.75, 3.05) is 7.11 Å². The molecule has 0 atom stereocenters. The molecule has 3 rings (SSSR count). The Kier molecular flexibility index (Phi) is 5.80. The van der Waals surface area contributed by atoms with E-state index in [1.165, 1.54) is 7.11 Å². The van der Waals surface area contributed by atoms with E-state index in [0.29, 0.717) is 11.3 Å². The average Bonchev–Trinajstić information content (AvgIpc) is 2.72. The molecular formula is C23H19NO3. The number of para-hydroxylation sites is 1. The first-order valence-corrected chi connectivity index (χ1v) is 8.46. The van der Waals surface area contributed by atoms with Crippen molar-refractivity contribution in [3.8, 4) is 5.75 Å². The van der Waals surface area contributed by atoms with Gasteiger partial charge in [0.1, 0.15) is 11.4 Å². The number of phenols is 1. The van der Waals surface area contributed by atoms with Gasteiger partial charge in [-0.25, -0.2) is 9.79 Å². The first-order valence-electron chi connectivity index (χ1n) is 8.46. The van der Waals surface area contributed by atoms with Gasteiger partial charge in [0.15, 0.2) is 0 Å². The van der Waals surface area contributed by atoms with Gasteiger partial charge in [-0.2, -0.15) is 0 Å². The maximum absolute atomic E-state index is 12.3. The zero-order chi connectivity index (χ0) is 19.1. The summed E-state index contributed by atoms with van der Waals surface area (Å²) in [6.45, 7) is 0. The fourth-order valence-electron chi connectivity index (χ4n) is 2.62. The van der Waals surface area contributed by atoms with Gasteiger partial charge < -0.3 is 9.84 Å². The van der Waals surface area contributed by atoms with Crippen LogP contribution in [0, 0.1) is 0 Å². The van der Waals surface area contributed by atoms with Crippen LogP contribution >= 0.6 is 0 Å². The van der Waals surface area contributed by atoms with E-state index in [0.717, 1.165) is 11.1 Å². The molecule has 0 aliphatic heterocycles. The monoisotopic (exact) mass is 357 g/mol. The number of phenolic OH excluding ortho intramolecular Hbond substituents is 1. The van der Waals surface area contributed by atoms with Crippen LogP contribution in [0.3, 0.4) is 0 Å². The molecule has 27 heavy (non-hydrogen) atoms. The van der Waals surface area contributed by atoms with E-state index in [2.05, 4.69) is 4.99 Å². The largest absolute Gasteiger partial charge is 0.507 e. The number of aromatic hydroxyl groups is 1. The average molecular weight is 357 g/mol. The zero-order valence-corrected chi connectivity index (χ0v) is 14.9. The number of carbonyl (C=O) groups is 1. The molecule has 0 aromatic heterocycles.